The molecule has 0 fully saturated rings. The third kappa shape index (κ3) is 4.80. The van der Waals surface area contributed by atoms with Crippen molar-refractivity contribution in [2.24, 2.45) is 0 Å². The average Bonchev–Trinajstić information content (AvgIpc) is 3.33. The van der Waals surface area contributed by atoms with E-state index >= 15 is 0 Å². The van der Waals surface area contributed by atoms with E-state index in [9.17, 15) is 0 Å². The maximum absolute atomic E-state index is 2.43. The minimum Gasteiger partial charge on any atom is -0.0622 e. The highest BCUT2D eigenvalue weighted by atomic mass is 14.4. The summed E-state index contributed by atoms with van der Waals surface area (Å²) in [4.78, 5) is 0. The van der Waals surface area contributed by atoms with Crippen LogP contribution in [0.5, 0.6) is 0 Å². The zero-order chi connectivity index (χ0) is 30.4. The first-order valence-electron chi connectivity index (χ1n) is 15.8. The minimum absolute atomic E-state index is 0.0499. The molecule has 0 saturated heterocycles. The quantitative estimate of drug-likeness (QED) is 0.179. The lowest BCUT2D eigenvalue weighted by Crippen LogP contribution is -2.14. The van der Waals surface area contributed by atoms with E-state index in [1.54, 1.807) is 0 Å². The van der Waals surface area contributed by atoms with Gasteiger partial charge in [-0.3, -0.25) is 0 Å². The first-order valence-corrected chi connectivity index (χ1v) is 15.8. The Morgan fingerprint density at radius 2 is 1.04 bits per heavy atom. The lowest BCUT2D eigenvalue weighted by Gasteiger charge is -2.22. The Balaban J connectivity index is 1.36. The molecule has 214 valence electrons. The highest BCUT2D eigenvalue weighted by molar-refractivity contribution is 5.99. The molecule has 0 radical (unpaired) electrons. The Kier molecular flexibility index (Phi) is 6.58. The van der Waals surface area contributed by atoms with Gasteiger partial charge in [-0.1, -0.05) is 153 Å². The van der Waals surface area contributed by atoms with Crippen molar-refractivity contribution in [3.63, 3.8) is 0 Å². The molecule has 0 unspecified atom stereocenters. The van der Waals surface area contributed by atoms with Crippen molar-refractivity contribution < 1.29 is 0 Å². The predicted molar refractivity (Wildman–Crippen MR) is 192 cm³/mol. The maximum atomic E-state index is 2.43. The van der Waals surface area contributed by atoms with Crippen LogP contribution in [-0.4, -0.2) is 0 Å². The van der Waals surface area contributed by atoms with Gasteiger partial charge in [0.1, 0.15) is 0 Å². The number of hydrogen-bond donors (Lipinski definition) is 0. The molecule has 1 aliphatic rings. The monoisotopic (exact) mass is 574 g/mol. The van der Waals surface area contributed by atoms with Crippen molar-refractivity contribution in [1.29, 1.82) is 0 Å². The standard InChI is InChI=1S/C45H34/c1-45(2)43-23-12-11-21-40(43)41-25-24-35(30-44(41)45)36-26-31(27-37(29-36)39-22-13-19-32-18-9-10-20-38(32)39)28-42(33-14-5-3-6-15-33)34-16-7-4-8-17-34/h3-30H,1-2H3. The summed E-state index contributed by atoms with van der Waals surface area (Å²) in [6, 6.07) is 59.8. The van der Waals surface area contributed by atoms with Gasteiger partial charge in [0.25, 0.3) is 0 Å². The summed E-state index contributed by atoms with van der Waals surface area (Å²) in [6.07, 6.45) is 2.36. The average molecular weight is 575 g/mol. The molecule has 0 spiro atoms. The summed E-state index contributed by atoms with van der Waals surface area (Å²) in [6.45, 7) is 4.71. The minimum atomic E-state index is -0.0499. The van der Waals surface area contributed by atoms with Gasteiger partial charge in [-0.25, -0.2) is 0 Å². The molecule has 0 bridgehead atoms. The molecule has 7 aromatic carbocycles. The zero-order valence-electron chi connectivity index (χ0n) is 25.7. The van der Waals surface area contributed by atoms with Gasteiger partial charge in [-0.05, 0) is 108 Å². The van der Waals surface area contributed by atoms with Crippen molar-refractivity contribution in [1.82, 2.24) is 0 Å². The summed E-state index contributed by atoms with van der Waals surface area (Å²) >= 11 is 0. The SMILES string of the molecule is CC1(C)c2ccccc2-c2ccc(-c3cc(C=C(c4ccccc4)c4ccccc4)cc(-c4cccc5ccccc45)c3)cc21. The molecule has 0 heteroatoms. The molecule has 0 nitrogen and oxygen atoms in total. The van der Waals surface area contributed by atoms with Crippen LogP contribution in [0.15, 0.2) is 164 Å². The van der Waals surface area contributed by atoms with Gasteiger partial charge in [0.2, 0.25) is 0 Å². The number of benzene rings is 7. The van der Waals surface area contributed by atoms with Crippen LogP contribution in [0.3, 0.4) is 0 Å². The van der Waals surface area contributed by atoms with Crippen LogP contribution in [0.1, 0.15) is 41.7 Å². The molecule has 0 saturated carbocycles. The molecule has 45 heavy (non-hydrogen) atoms. The van der Waals surface area contributed by atoms with Crippen molar-refractivity contribution in [2.75, 3.05) is 0 Å². The van der Waals surface area contributed by atoms with E-state index in [1.165, 1.54) is 77.5 Å². The van der Waals surface area contributed by atoms with Crippen LogP contribution >= 0.6 is 0 Å². The molecule has 0 amide bonds. The van der Waals surface area contributed by atoms with Gasteiger partial charge < -0.3 is 0 Å². The van der Waals surface area contributed by atoms with Gasteiger partial charge in [0.15, 0.2) is 0 Å². The van der Waals surface area contributed by atoms with Crippen molar-refractivity contribution in [2.45, 2.75) is 19.3 Å². The molecule has 0 aromatic heterocycles. The third-order valence-corrected chi connectivity index (χ3v) is 9.45. The fourth-order valence-electron chi connectivity index (χ4n) is 7.15. The van der Waals surface area contributed by atoms with Gasteiger partial charge >= 0.3 is 0 Å². The van der Waals surface area contributed by atoms with E-state index in [-0.39, 0.29) is 5.41 Å². The second-order valence-electron chi connectivity index (χ2n) is 12.6. The molecular weight excluding hydrogens is 540 g/mol. The van der Waals surface area contributed by atoms with E-state index in [2.05, 4.69) is 184 Å². The van der Waals surface area contributed by atoms with Crippen LogP contribution in [-0.2, 0) is 5.41 Å². The lowest BCUT2D eigenvalue weighted by atomic mass is 9.81. The topological polar surface area (TPSA) is 0 Å². The third-order valence-electron chi connectivity index (χ3n) is 9.45. The zero-order valence-corrected chi connectivity index (χ0v) is 25.7. The first kappa shape index (κ1) is 27.1. The Hall–Kier alpha value is -5.46. The summed E-state index contributed by atoms with van der Waals surface area (Å²) in [5, 5.41) is 2.52. The van der Waals surface area contributed by atoms with Crippen molar-refractivity contribution in [3.05, 3.63) is 192 Å². The molecule has 0 aliphatic heterocycles. The molecule has 0 N–H and O–H groups in total. The van der Waals surface area contributed by atoms with Gasteiger partial charge in [0.05, 0.1) is 0 Å². The van der Waals surface area contributed by atoms with Crippen LogP contribution in [0.25, 0.3) is 55.8 Å². The molecule has 0 atom stereocenters. The summed E-state index contributed by atoms with van der Waals surface area (Å²) in [5.74, 6) is 0. The van der Waals surface area contributed by atoms with Crippen molar-refractivity contribution in [3.8, 4) is 33.4 Å². The first-order chi connectivity index (χ1) is 22.1. The van der Waals surface area contributed by atoms with Crippen LogP contribution in [0, 0.1) is 0 Å². The second kappa shape index (κ2) is 10.9. The number of rotatable bonds is 5. The highest BCUT2D eigenvalue weighted by Gasteiger charge is 2.35. The fourth-order valence-corrected chi connectivity index (χ4v) is 7.15. The summed E-state index contributed by atoms with van der Waals surface area (Å²) in [5.41, 5.74) is 15.2. The molecule has 8 rings (SSSR count). The predicted octanol–water partition coefficient (Wildman–Crippen LogP) is 12.1. The van der Waals surface area contributed by atoms with Crippen LogP contribution < -0.4 is 0 Å². The lowest BCUT2D eigenvalue weighted by molar-refractivity contribution is 0.660. The molecular formula is C45H34. The highest BCUT2D eigenvalue weighted by Crippen LogP contribution is 2.49. The number of fused-ring (bicyclic) bond motifs is 4. The molecule has 1 aliphatic carbocycles. The van der Waals surface area contributed by atoms with E-state index in [1.807, 2.05) is 0 Å². The largest absolute Gasteiger partial charge is 0.0622 e. The normalized spacial score (nSPS) is 12.8. The van der Waals surface area contributed by atoms with E-state index < -0.39 is 0 Å². The van der Waals surface area contributed by atoms with Gasteiger partial charge in [0, 0.05) is 5.41 Å². The summed E-state index contributed by atoms with van der Waals surface area (Å²) in [7, 11) is 0. The molecule has 0 heterocycles. The van der Waals surface area contributed by atoms with Gasteiger partial charge in [-0.15, -0.1) is 0 Å². The van der Waals surface area contributed by atoms with E-state index in [0.717, 1.165) is 0 Å². The second-order valence-corrected chi connectivity index (χ2v) is 12.6. The Labute approximate surface area is 266 Å². The smallest absolute Gasteiger partial charge is 0.0159 e. The fraction of sp³-hybridized carbons (Fsp3) is 0.0667. The Bertz CT molecular complexity index is 2170. The summed E-state index contributed by atoms with van der Waals surface area (Å²) < 4.78 is 0. The Morgan fingerprint density at radius 1 is 0.444 bits per heavy atom. The van der Waals surface area contributed by atoms with Crippen LogP contribution in [0.2, 0.25) is 0 Å². The van der Waals surface area contributed by atoms with Gasteiger partial charge in [-0.2, -0.15) is 0 Å². The number of hydrogen-bond acceptors (Lipinski definition) is 0. The molecule has 7 aromatic rings. The van der Waals surface area contributed by atoms with Crippen molar-refractivity contribution >= 4 is 22.4 Å². The van der Waals surface area contributed by atoms with Crippen LogP contribution in [0.4, 0.5) is 0 Å². The maximum Gasteiger partial charge on any atom is 0.0159 e. The van der Waals surface area contributed by atoms with E-state index in [4.69, 9.17) is 0 Å². The van der Waals surface area contributed by atoms with E-state index in [0.29, 0.717) is 0 Å². The Morgan fingerprint density at radius 3 is 1.82 bits per heavy atom.